The van der Waals surface area contributed by atoms with E-state index in [1.165, 1.54) is 12.1 Å². The van der Waals surface area contributed by atoms with Crippen LogP contribution in [0.15, 0.2) is 53.1 Å². The highest BCUT2D eigenvalue weighted by atomic mass is 127. The third-order valence-electron chi connectivity index (χ3n) is 3.63. The molecule has 3 aromatic rings. The second-order valence-electron chi connectivity index (χ2n) is 5.64. The van der Waals surface area contributed by atoms with Crippen molar-refractivity contribution < 1.29 is 22.5 Å². The second kappa shape index (κ2) is 8.07. The summed E-state index contributed by atoms with van der Waals surface area (Å²) in [6.07, 6.45) is -4.12. The zero-order valence-electron chi connectivity index (χ0n) is 13.8. The van der Waals surface area contributed by atoms with Crippen molar-refractivity contribution in [3.05, 3.63) is 63.6 Å². The molecule has 0 radical (unpaired) electrons. The van der Waals surface area contributed by atoms with Crippen molar-refractivity contribution in [3.63, 3.8) is 0 Å². The standard InChI is InChI=1S/C18H13F3IN3O2/c19-18(20,21)12-3-7-14(8-4-12)23-15(26)9-10-16-24-17(25-27-16)11-1-5-13(22)6-2-11/h1-8H,9-10H2,(H,23,26). The summed E-state index contributed by atoms with van der Waals surface area (Å²) in [5, 5.41) is 6.42. The van der Waals surface area contributed by atoms with Gasteiger partial charge in [-0.3, -0.25) is 4.79 Å². The van der Waals surface area contributed by atoms with Crippen LogP contribution < -0.4 is 5.32 Å². The van der Waals surface area contributed by atoms with E-state index in [-0.39, 0.29) is 24.4 Å². The Balaban J connectivity index is 1.54. The van der Waals surface area contributed by atoms with Gasteiger partial charge >= 0.3 is 6.18 Å². The Hall–Kier alpha value is -2.43. The topological polar surface area (TPSA) is 68.0 Å². The number of rotatable bonds is 5. The normalized spacial score (nSPS) is 11.4. The number of amides is 1. The number of halogens is 4. The van der Waals surface area contributed by atoms with E-state index >= 15 is 0 Å². The van der Waals surface area contributed by atoms with Gasteiger partial charge in [-0.25, -0.2) is 0 Å². The van der Waals surface area contributed by atoms with Gasteiger partial charge in [0.1, 0.15) is 0 Å². The van der Waals surface area contributed by atoms with E-state index in [4.69, 9.17) is 4.52 Å². The highest BCUT2D eigenvalue weighted by Crippen LogP contribution is 2.29. The van der Waals surface area contributed by atoms with Crippen molar-refractivity contribution in [1.82, 2.24) is 10.1 Å². The van der Waals surface area contributed by atoms with Gasteiger partial charge in [0.05, 0.1) is 5.56 Å². The van der Waals surface area contributed by atoms with Gasteiger partial charge < -0.3 is 9.84 Å². The number of benzene rings is 2. The minimum absolute atomic E-state index is 0.0648. The fourth-order valence-electron chi connectivity index (χ4n) is 2.26. The van der Waals surface area contributed by atoms with Crippen LogP contribution in [0.1, 0.15) is 17.9 Å². The average Bonchev–Trinajstić information content (AvgIpc) is 3.09. The third-order valence-corrected chi connectivity index (χ3v) is 4.35. The van der Waals surface area contributed by atoms with Crippen LogP contribution in [0.3, 0.4) is 0 Å². The average molecular weight is 487 g/mol. The number of anilines is 1. The van der Waals surface area contributed by atoms with Crippen LogP contribution in [0.25, 0.3) is 11.4 Å². The van der Waals surface area contributed by atoms with Crippen molar-refractivity contribution in [2.75, 3.05) is 5.32 Å². The maximum absolute atomic E-state index is 12.5. The van der Waals surface area contributed by atoms with E-state index in [0.717, 1.165) is 21.3 Å². The molecule has 0 saturated heterocycles. The molecule has 1 amide bonds. The molecular weight excluding hydrogens is 474 g/mol. The molecule has 1 N–H and O–H groups in total. The van der Waals surface area contributed by atoms with Gasteiger partial charge in [0.2, 0.25) is 17.6 Å². The van der Waals surface area contributed by atoms with Gasteiger partial charge in [0.15, 0.2) is 0 Å². The molecule has 1 heterocycles. The van der Waals surface area contributed by atoms with Gasteiger partial charge in [-0.2, -0.15) is 18.2 Å². The maximum atomic E-state index is 12.5. The Labute approximate surface area is 166 Å². The van der Waals surface area contributed by atoms with Crippen LogP contribution in [0.5, 0.6) is 0 Å². The Bertz CT molecular complexity index is 922. The monoisotopic (exact) mass is 487 g/mol. The Morgan fingerprint density at radius 2 is 1.74 bits per heavy atom. The zero-order chi connectivity index (χ0) is 19.4. The van der Waals surface area contributed by atoms with E-state index < -0.39 is 11.7 Å². The molecule has 5 nitrogen and oxygen atoms in total. The molecule has 0 spiro atoms. The first-order valence-electron chi connectivity index (χ1n) is 7.87. The number of alkyl halides is 3. The molecule has 0 saturated carbocycles. The predicted octanol–water partition coefficient (Wildman–Crippen LogP) is 4.93. The first-order valence-corrected chi connectivity index (χ1v) is 8.95. The summed E-state index contributed by atoms with van der Waals surface area (Å²) in [7, 11) is 0. The smallest absolute Gasteiger partial charge is 0.339 e. The number of aromatic nitrogens is 2. The summed E-state index contributed by atoms with van der Waals surface area (Å²) >= 11 is 2.19. The van der Waals surface area contributed by atoms with Gasteiger partial charge in [-0.15, -0.1) is 0 Å². The summed E-state index contributed by atoms with van der Waals surface area (Å²) in [6.45, 7) is 0. The highest BCUT2D eigenvalue weighted by molar-refractivity contribution is 14.1. The lowest BCUT2D eigenvalue weighted by molar-refractivity contribution is -0.137. The number of carbonyl (C=O) groups is 1. The summed E-state index contributed by atoms with van der Waals surface area (Å²) in [5.74, 6) is 0.388. The summed E-state index contributed by atoms with van der Waals surface area (Å²) in [6, 6.07) is 11.8. The van der Waals surface area contributed by atoms with Crippen molar-refractivity contribution in [1.29, 1.82) is 0 Å². The third kappa shape index (κ3) is 5.28. The number of nitrogens with zero attached hydrogens (tertiary/aromatic N) is 2. The molecule has 3 rings (SSSR count). The fraction of sp³-hybridized carbons (Fsp3) is 0.167. The molecule has 9 heteroatoms. The molecule has 2 aromatic carbocycles. The SMILES string of the molecule is O=C(CCc1nc(-c2ccc(I)cc2)no1)Nc1ccc(C(F)(F)F)cc1. The van der Waals surface area contributed by atoms with E-state index in [2.05, 4.69) is 38.0 Å². The lowest BCUT2D eigenvalue weighted by Gasteiger charge is -2.08. The van der Waals surface area contributed by atoms with Gasteiger partial charge in [0.25, 0.3) is 0 Å². The minimum atomic E-state index is -4.41. The summed E-state index contributed by atoms with van der Waals surface area (Å²) in [5.41, 5.74) is 0.326. The molecule has 0 aliphatic carbocycles. The minimum Gasteiger partial charge on any atom is -0.339 e. The van der Waals surface area contributed by atoms with Gasteiger partial charge in [0, 0.05) is 27.7 Å². The van der Waals surface area contributed by atoms with Crippen LogP contribution in [-0.4, -0.2) is 16.0 Å². The van der Waals surface area contributed by atoms with Crippen LogP contribution >= 0.6 is 22.6 Å². The van der Waals surface area contributed by atoms with Crippen LogP contribution in [0.2, 0.25) is 0 Å². The van der Waals surface area contributed by atoms with E-state index in [9.17, 15) is 18.0 Å². The molecular formula is C18H13F3IN3O2. The quantitative estimate of drug-likeness (QED) is 0.519. The van der Waals surface area contributed by atoms with Gasteiger partial charge in [-0.1, -0.05) is 17.3 Å². The molecule has 0 fully saturated rings. The van der Waals surface area contributed by atoms with Crippen molar-refractivity contribution in [2.24, 2.45) is 0 Å². The van der Waals surface area contributed by atoms with Crippen molar-refractivity contribution >= 4 is 34.2 Å². The Kier molecular flexibility index (Phi) is 5.78. The molecule has 140 valence electrons. The number of aryl methyl sites for hydroxylation is 1. The van der Waals surface area contributed by atoms with Gasteiger partial charge in [-0.05, 0) is 59.0 Å². The van der Waals surface area contributed by atoms with Crippen LogP contribution in [-0.2, 0) is 17.4 Å². The highest BCUT2D eigenvalue weighted by Gasteiger charge is 2.29. The van der Waals surface area contributed by atoms with Crippen molar-refractivity contribution in [3.8, 4) is 11.4 Å². The molecule has 27 heavy (non-hydrogen) atoms. The van der Waals surface area contributed by atoms with E-state index in [1.807, 2.05) is 24.3 Å². The number of hydrogen-bond acceptors (Lipinski definition) is 4. The largest absolute Gasteiger partial charge is 0.416 e. The lowest BCUT2D eigenvalue weighted by atomic mass is 10.2. The predicted molar refractivity (Wildman–Crippen MR) is 101 cm³/mol. The first-order chi connectivity index (χ1) is 12.8. The molecule has 0 atom stereocenters. The first kappa shape index (κ1) is 19.3. The summed E-state index contributed by atoms with van der Waals surface area (Å²) < 4.78 is 43.8. The van der Waals surface area contributed by atoms with Crippen LogP contribution in [0, 0.1) is 3.57 Å². The summed E-state index contributed by atoms with van der Waals surface area (Å²) in [4.78, 5) is 16.2. The fourth-order valence-corrected chi connectivity index (χ4v) is 2.62. The molecule has 0 bridgehead atoms. The maximum Gasteiger partial charge on any atom is 0.416 e. The lowest BCUT2D eigenvalue weighted by Crippen LogP contribution is -2.13. The van der Waals surface area contributed by atoms with E-state index in [0.29, 0.717) is 11.7 Å². The van der Waals surface area contributed by atoms with E-state index in [1.54, 1.807) is 0 Å². The number of nitrogens with one attached hydrogen (secondary N) is 1. The zero-order valence-corrected chi connectivity index (χ0v) is 15.9. The Morgan fingerprint density at radius 1 is 1.07 bits per heavy atom. The molecule has 0 aliphatic rings. The molecule has 1 aromatic heterocycles. The molecule has 0 aliphatic heterocycles. The Morgan fingerprint density at radius 3 is 2.37 bits per heavy atom. The second-order valence-corrected chi connectivity index (χ2v) is 6.89. The molecule has 0 unspecified atom stereocenters. The van der Waals surface area contributed by atoms with Crippen LogP contribution in [0.4, 0.5) is 18.9 Å². The number of carbonyl (C=O) groups excluding carboxylic acids is 1. The van der Waals surface area contributed by atoms with Crippen molar-refractivity contribution in [2.45, 2.75) is 19.0 Å². The number of hydrogen-bond donors (Lipinski definition) is 1.